The third-order valence-corrected chi connectivity index (χ3v) is 5.08. The van der Waals surface area contributed by atoms with Crippen molar-refractivity contribution >= 4 is 52.3 Å². The van der Waals surface area contributed by atoms with Crippen LogP contribution in [0.4, 0.5) is 5.69 Å². The van der Waals surface area contributed by atoms with Gasteiger partial charge in [-0.05, 0) is 31.9 Å². The molecule has 2 heterocycles. The second kappa shape index (κ2) is 5.34. The summed E-state index contributed by atoms with van der Waals surface area (Å²) in [7, 11) is 0. The van der Waals surface area contributed by atoms with E-state index in [2.05, 4.69) is 0 Å². The summed E-state index contributed by atoms with van der Waals surface area (Å²) < 4.78 is 0. The number of piperazine rings is 1. The number of rotatable bonds is 1. The normalized spacial score (nSPS) is 25.5. The second-order valence-corrected chi connectivity index (χ2v) is 6.51. The first-order valence-corrected chi connectivity index (χ1v) is 7.83. The van der Waals surface area contributed by atoms with Gasteiger partial charge in [-0.1, -0.05) is 34.8 Å². The number of fused-ring (bicyclic) bond motifs is 1. The van der Waals surface area contributed by atoms with E-state index in [1.807, 2.05) is 0 Å². The Morgan fingerprint density at radius 1 is 1.05 bits per heavy atom. The predicted octanol–water partition coefficient (Wildman–Crippen LogP) is 3.37. The highest BCUT2D eigenvalue weighted by Gasteiger charge is 2.47. The second-order valence-electron chi connectivity index (χ2n) is 5.29. The van der Waals surface area contributed by atoms with Crippen molar-refractivity contribution < 1.29 is 9.59 Å². The first-order chi connectivity index (χ1) is 9.91. The van der Waals surface area contributed by atoms with Crippen molar-refractivity contribution in [2.24, 2.45) is 0 Å². The molecular weight excluding hydrogens is 335 g/mol. The molecule has 0 radical (unpaired) electrons. The average Bonchev–Trinajstić information content (AvgIpc) is 2.92. The summed E-state index contributed by atoms with van der Waals surface area (Å²) in [5.41, 5.74) is 0.434. The van der Waals surface area contributed by atoms with Gasteiger partial charge in [0.15, 0.2) is 0 Å². The quantitative estimate of drug-likeness (QED) is 0.731. The molecule has 0 spiro atoms. The Bertz CT molecular complexity index is 635. The van der Waals surface area contributed by atoms with E-state index in [1.165, 1.54) is 11.0 Å². The molecule has 0 saturated carbocycles. The fourth-order valence-corrected chi connectivity index (χ4v) is 3.65. The number of benzene rings is 1. The largest absolute Gasteiger partial charge is 0.329 e. The molecule has 2 atom stereocenters. The van der Waals surface area contributed by atoms with Crippen LogP contribution in [0.2, 0.25) is 15.1 Å². The van der Waals surface area contributed by atoms with Crippen LogP contribution in [-0.4, -0.2) is 35.3 Å². The molecule has 2 saturated heterocycles. The molecule has 1 aromatic rings. The third-order valence-electron chi connectivity index (χ3n) is 4.05. The Kier molecular flexibility index (Phi) is 3.80. The molecule has 0 aromatic heterocycles. The Hall–Kier alpha value is -0.970. The fraction of sp³-hybridized carbons (Fsp3) is 0.429. The van der Waals surface area contributed by atoms with E-state index in [0.29, 0.717) is 33.7 Å². The molecule has 7 heteroatoms. The van der Waals surface area contributed by atoms with Crippen molar-refractivity contribution in [2.75, 3.05) is 11.4 Å². The summed E-state index contributed by atoms with van der Waals surface area (Å²) in [4.78, 5) is 28.2. The van der Waals surface area contributed by atoms with Gasteiger partial charge in [0.05, 0.1) is 20.8 Å². The van der Waals surface area contributed by atoms with Crippen molar-refractivity contribution in [3.05, 3.63) is 27.2 Å². The van der Waals surface area contributed by atoms with Crippen LogP contribution in [0, 0.1) is 0 Å². The smallest absolute Gasteiger partial charge is 0.250 e. The number of carbonyl (C=O) groups excluding carboxylic acids is 2. The van der Waals surface area contributed by atoms with Crippen LogP contribution in [0.15, 0.2) is 12.1 Å². The number of halogens is 3. The third kappa shape index (κ3) is 2.30. The van der Waals surface area contributed by atoms with Gasteiger partial charge in [-0.3, -0.25) is 14.5 Å². The predicted molar refractivity (Wildman–Crippen MR) is 83.2 cm³/mol. The van der Waals surface area contributed by atoms with Crippen molar-refractivity contribution in [1.82, 2.24) is 4.90 Å². The molecule has 2 unspecified atom stereocenters. The summed E-state index contributed by atoms with van der Waals surface area (Å²) in [5.74, 6) is -0.167. The number of anilines is 1. The van der Waals surface area contributed by atoms with E-state index >= 15 is 0 Å². The highest BCUT2D eigenvalue weighted by molar-refractivity contribution is 6.44. The summed E-state index contributed by atoms with van der Waals surface area (Å²) in [6.07, 6.45) is 1.53. The molecule has 21 heavy (non-hydrogen) atoms. The van der Waals surface area contributed by atoms with Crippen molar-refractivity contribution in [2.45, 2.75) is 31.8 Å². The summed E-state index contributed by atoms with van der Waals surface area (Å²) in [5, 5.41) is 0.928. The van der Waals surface area contributed by atoms with E-state index in [0.717, 1.165) is 6.42 Å². The van der Waals surface area contributed by atoms with Crippen LogP contribution in [-0.2, 0) is 9.59 Å². The number of hydrogen-bond donors (Lipinski definition) is 0. The molecule has 0 N–H and O–H groups in total. The Morgan fingerprint density at radius 3 is 2.43 bits per heavy atom. The Labute approximate surface area is 137 Å². The molecule has 3 rings (SSSR count). The molecule has 1 aromatic carbocycles. The molecule has 0 bridgehead atoms. The van der Waals surface area contributed by atoms with Gasteiger partial charge in [-0.15, -0.1) is 0 Å². The van der Waals surface area contributed by atoms with Gasteiger partial charge in [0, 0.05) is 6.54 Å². The van der Waals surface area contributed by atoms with Crippen LogP contribution in [0.25, 0.3) is 0 Å². The van der Waals surface area contributed by atoms with E-state index < -0.39 is 6.04 Å². The van der Waals surface area contributed by atoms with E-state index in [4.69, 9.17) is 34.8 Å². The van der Waals surface area contributed by atoms with Crippen LogP contribution < -0.4 is 4.90 Å². The number of hydrogen-bond acceptors (Lipinski definition) is 2. The van der Waals surface area contributed by atoms with Crippen LogP contribution in [0.3, 0.4) is 0 Å². The van der Waals surface area contributed by atoms with Crippen LogP contribution in [0.5, 0.6) is 0 Å². The zero-order valence-corrected chi connectivity index (χ0v) is 13.5. The lowest BCUT2D eigenvalue weighted by molar-refractivity contribution is -0.143. The lowest BCUT2D eigenvalue weighted by Crippen LogP contribution is -2.62. The minimum absolute atomic E-state index is 0.0563. The molecule has 2 amide bonds. The highest BCUT2D eigenvalue weighted by atomic mass is 35.5. The van der Waals surface area contributed by atoms with Gasteiger partial charge in [0.1, 0.15) is 12.1 Å². The maximum Gasteiger partial charge on any atom is 0.250 e. The zero-order chi connectivity index (χ0) is 15.3. The lowest BCUT2D eigenvalue weighted by atomic mass is 10.1. The topological polar surface area (TPSA) is 40.6 Å². The molecule has 112 valence electrons. The number of amides is 2. The van der Waals surface area contributed by atoms with Gasteiger partial charge < -0.3 is 4.90 Å². The number of carbonyl (C=O) groups is 2. The summed E-state index contributed by atoms with van der Waals surface area (Å²) in [6, 6.07) is 2.05. The molecule has 4 nitrogen and oxygen atoms in total. The van der Waals surface area contributed by atoms with E-state index in [-0.39, 0.29) is 17.9 Å². The van der Waals surface area contributed by atoms with Crippen molar-refractivity contribution in [3.63, 3.8) is 0 Å². The summed E-state index contributed by atoms with van der Waals surface area (Å²) >= 11 is 18.1. The number of nitrogens with zero attached hydrogens (tertiary/aromatic N) is 2. The van der Waals surface area contributed by atoms with Crippen molar-refractivity contribution in [1.29, 1.82) is 0 Å². The Morgan fingerprint density at radius 2 is 1.71 bits per heavy atom. The summed E-state index contributed by atoms with van der Waals surface area (Å²) in [6.45, 7) is 2.34. The fourth-order valence-electron chi connectivity index (χ4n) is 3.01. The molecule has 2 aliphatic rings. The minimum Gasteiger partial charge on any atom is -0.329 e. The van der Waals surface area contributed by atoms with Crippen molar-refractivity contribution in [3.8, 4) is 0 Å². The highest BCUT2D eigenvalue weighted by Crippen LogP contribution is 2.38. The molecule has 2 aliphatic heterocycles. The standard InChI is InChI=1S/C14H13Cl3N2O2/c1-7-13(20)18-4-2-3-11(18)14(21)19(7)12-6-9(16)8(15)5-10(12)17/h5-7,11H,2-4H2,1H3. The zero-order valence-electron chi connectivity index (χ0n) is 11.3. The molecule has 2 fully saturated rings. The molecular formula is C14H13Cl3N2O2. The first kappa shape index (κ1) is 14.9. The Balaban J connectivity index is 2.06. The van der Waals surface area contributed by atoms with Gasteiger partial charge in [-0.2, -0.15) is 0 Å². The SMILES string of the molecule is CC1C(=O)N2CCCC2C(=O)N1c1cc(Cl)c(Cl)cc1Cl. The average molecular weight is 348 g/mol. The van der Waals surface area contributed by atoms with Gasteiger partial charge in [0.25, 0.3) is 5.91 Å². The van der Waals surface area contributed by atoms with Gasteiger partial charge >= 0.3 is 0 Å². The van der Waals surface area contributed by atoms with Gasteiger partial charge in [-0.25, -0.2) is 0 Å². The maximum atomic E-state index is 12.7. The lowest BCUT2D eigenvalue weighted by Gasteiger charge is -2.41. The van der Waals surface area contributed by atoms with Crippen LogP contribution >= 0.6 is 34.8 Å². The first-order valence-electron chi connectivity index (χ1n) is 6.70. The van der Waals surface area contributed by atoms with Gasteiger partial charge in [0.2, 0.25) is 5.91 Å². The van der Waals surface area contributed by atoms with Crippen LogP contribution in [0.1, 0.15) is 19.8 Å². The van der Waals surface area contributed by atoms with E-state index in [9.17, 15) is 9.59 Å². The minimum atomic E-state index is -0.596. The molecule has 0 aliphatic carbocycles. The van der Waals surface area contributed by atoms with E-state index in [1.54, 1.807) is 17.9 Å². The monoisotopic (exact) mass is 346 g/mol. The maximum absolute atomic E-state index is 12.7.